The van der Waals surface area contributed by atoms with Crippen LogP contribution in [0.1, 0.15) is 38.2 Å². The number of rotatable bonds is 4. The molecule has 0 radical (unpaired) electrons. The summed E-state index contributed by atoms with van der Waals surface area (Å²) in [5, 5.41) is 1.26. The molecule has 3 heteroatoms. The Bertz CT molecular complexity index is 325. The molecule has 0 fully saturated rings. The minimum atomic E-state index is 0.458. The minimum absolute atomic E-state index is 0.458. The molecule has 0 amide bonds. The zero-order valence-corrected chi connectivity index (χ0v) is 12.0. The van der Waals surface area contributed by atoms with E-state index in [9.17, 15) is 0 Å². The van der Waals surface area contributed by atoms with Crippen LogP contribution in [0.2, 0.25) is 10.0 Å². The Labute approximate surface area is 110 Å². The van der Waals surface area contributed by atoms with Gasteiger partial charge in [0, 0.05) is 4.83 Å². The van der Waals surface area contributed by atoms with Crippen LogP contribution in [-0.2, 0) is 0 Å². The van der Waals surface area contributed by atoms with Gasteiger partial charge in [0.1, 0.15) is 0 Å². The maximum absolute atomic E-state index is 5.99. The van der Waals surface area contributed by atoms with Crippen LogP contribution in [0.5, 0.6) is 0 Å². The first-order chi connectivity index (χ1) is 7.06. The van der Waals surface area contributed by atoms with E-state index < -0.39 is 0 Å². The van der Waals surface area contributed by atoms with Crippen molar-refractivity contribution in [3.63, 3.8) is 0 Å². The smallest absolute Gasteiger partial charge is 0.0595 e. The first kappa shape index (κ1) is 13.3. The van der Waals surface area contributed by atoms with Gasteiger partial charge in [-0.25, -0.2) is 0 Å². The lowest BCUT2D eigenvalue weighted by Crippen LogP contribution is -2.08. The first-order valence-corrected chi connectivity index (χ1v) is 6.82. The summed E-state index contributed by atoms with van der Waals surface area (Å²) in [6.45, 7) is 4.39. The molecule has 0 heterocycles. The lowest BCUT2D eigenvalue weighted by Gasteiger charge is -2.18. The fourth-order valence-electron chi connectivity index (χ4n) is 1.53. The second kappa shape index (κ2) is 6.12. The van der Waals surface area contributed by atoms with Gasteiger partial charge in [-0.05, 0) is 30.0 Å². The molecule has 1 aromatic rings. The van der Waals surface area contributed by atoms with Gasteiger partial charge < -0.3 is 0 Å². The Balaban J connectivity index is 2.81. The Morgan fingerprint density at radius 2 is 1.93 bits per heavy atom. The molecule has 2 atom stereocenters. The van der Waals surface area contributed by atoms with Gasteiger partial charge in [0.2, 0.25) is 0 Å². The van der Waals surface area contributed by atoms with Crippen LogP contribution in [0.25, 0.3) is 0 Å². The van der Waals surface area contributed by atoms with Crippen LogP contribution in [0.3, 0.4) is 0 Å². The van der Waals surface area contributed by atoms with E-state index in [0.29, 0.717) is 20.8 Å². The molecule has 0 N–H and O–H groups in total. The van der Waals surface area contributed by atoms with Gasteiger partial charge in [-0.2, -0.15) is 0 Å². The van der Waals surface area contributed by atoms with Gasteiger partial charge in [-0.3, -0.25) is 0 Å². The van der Waals surface area contributed by atoms with Crippen LogP contribution < -0.4 is 0 Å². The predicted octanol–water partition coefficient (Wildman–Crippen LogP) is 5.66. The highest BCUT2D eigenvalue weighted by Gasteiger charge is 2.15. The lowest BCUT2D eigenvalue weighted by molar-refractivity contribution is 0.651. The van der Waals surface area contributed by atoms with E-state index in [-0.39, 0.29) is 0 Å². The molecule has 0 saturated heterocycles. The van der Waals surface area contributed by atoms with Crippen LogP contribution in [0.4, 0.5) is 0 Å². The summed E-state index contributed by atoms with van der Waals surface area (Å²) in [6.07, 6.45) is 2.35. The normalized spacial score (nSPS) is 15.0. The highest BCUT2D eigenvalue weighted by molar-refractivity contribution is 9.09. The molecule has 1 rings (SSSR count). The molecule has 84 valence electrons. The monoisotopic (exact) mass is 308 g/mol. The number of hydrogen-bond acceptors (Lipinski definition) is 0. The van der Waals surface area contributed by atoms with Gasteiger partial charge in [0.25, 0.3) is 0 Å². The molecule has 0 nitrogen and oxygen atoms in total. The Hall–Kier alpha value is 0.280. The van der Waals surface area contributed by atoms with Crippen molar-refractivity contribution < 1.29 is 0 Å². The van der Waals surface area contributed by atoms with E-state index in [0.717, 1.165) is 0 Å². The van der Waals surface area contributed by atoms with E-state index in [1.807, 2.05) is 18.2 Å². The third-order valence-corrected chi connectivity index (χ3v) is 4.57. The molecular formula is C12H15BrCl2. The number of hydrogen-bond donors (Lipinski definition) is 0. The summed E-state index contributed by atoms with van der Waals surface area (Å²) in [6, 6.07) is 5.86. The molecule has 0 saturated carbocycles. The molecule has 0 spiro atoms. The van der Waals surface area contributed by atoms with Crippen molar-refractivity contribution in [3.8, 4) is 0 Å². The topological polar surface area (TPSA) is 0 Å². The van der Waals surface area contributed by atoms with Crippen LogP contribution in [-0.4, -0.2) is 4.83 Å². The fraction of sp³-hybridized carbons (Fsp3) is 0.500. The van der Waals surface area contributed by atoms with E-state index >= 15 is 0 Å². The van der Waals surface area contributed by atoms with Crippen molar-refractivity contribution in [2.45, 2.75) is 37.4 Å². The number of halogens is 3. The summed E-state index contributed by atoms with van der Waals surface area (Å²) in [4.78, 5) is 0.500. The van der Waals surface area contributed by atoms with Gasteiger partial charge in [0.05, 0.1) is 10.0 Å². The molecule has 0 aromatic heterocycles. The maximum atomic E-state index is 5.99. The average molecular weight is 310 g/mol. The quantitative estimate of drug-likeness (QED) is 0.629. The second-order valence-corrected chi connectivity index (χ2v) is 5.76. The van der Waals surface area contributed by atoms with E-state index in [4.69, 9.17) is 23.2 Å². The van der Waals surface area contributed by atoms with Gasteiger partial charge in [0.15, 0.2) is 0 Å². The van der Waals surface area contributed by atoms with E-state index in [2.05, 4.69) is 29.8 Å². The number of benzene rings is 1. The highest BCUT2D eigenvalue weighted by atomic mass is 79.9. The van der Waals surface area contributed by atoms with E-state index in [1.54, 1.807) is 0 Å². The standard InChI is InChI=1S/C12H15BrCl2/c1-3-4-10(13)8(2)9-5-6-11(14)12(15)7-9/h5-8,10H,3-4H2,1-2H3. The highest BCUT2D eigenvalue weighted by Crippen LogP contribution is 2.31. The zero-order valence-electron chi connectivity index (χ0n) is 8.93. The Morgan fingerprint density at radius 1 is 1.27 bits per heavy atom. The van der Waals surface area contributed by atoms with Crippen molar-refractivity contribution in [1.29, 1.82) is 0 Å². The minimum Gasteiger partial charge on any atom is -0.0884 e. The molecule has 0 aliphatic rings. The fourth-order valence-corrected chi connectivity index (χ4v) is 2.60. The summed E-state index contributed by atoms with van der Waals surface area (Å²) < 4.78 is 0. The van der Waals surface area contributed by atoms with Crippen LogP contribution >= 0.6 is 39.1 Å². The second-order valence-electron chi connectivity index (χ2n) is 3.77. The molecule has 15 heavy (non-hydrogen) atoms. The molecular weight excluding hydrogens is 295 g/mol. The maximum Gasteiger partial charge on any atom is 0.0595 e. The molecule has 0 aliphatic carbocycles. The van der Waals surface area contributed by atoms with Crippen molar-refractivity contribution in [2.75, 3.05) is 0 Å². The van der Waals surface area contributed by atoms with Crippen molar-refractivity contribution in [3.05, 3.63) is 33.8 Å². The molecule has 0 aliphatic heterocycles. The summed E-state index contributed by atoms with van der Waals surface area (Å²) in [5.74, 6) is 0.458. The third-order valence-electron chi connectivity index (χ3n) is 2.58. The van der Waals surface area contributed by atoms with Crippen molar-refractivity contribution in [1.82, 2.24) is 0 Å². The van der Waals surface area contributed by atoms with E-state index in [1.165, 1.54) is 18.4 Å². The zero-order chi connectivity index (χ0) is 11.4. The predicted molar refractivity (Wildman–Crippen MR) is 72.5 cm³/mol. The van der Waals surface area contributed by atoms with Crippen LogP contribution in [0.15, 0.2) is 18.2 Å². The van der Waals surface area contributed by atoms with Gasteiger partial charge in [-0.1, -0.05) is 65.5 Å². The Morgan fingerprint density at radius 3 is 2.47 bits per heavy atom. The number of alkyl halides is 1. The van der Waals surface area contributed by atoms with Gasteiger partial charge >= 0.3 is 0 Å². The summed E-state index contributed by atoms with van der Waals surface area (Å²) >= 11 is 15.6. The van der Waals surface area contributed by atoms with Crippen LogP contribution in [0, 0.1) is 0 Å². The summed E-state index contributed by atoms with van der Waals surface area (Å²) in [5.41, 5.74) is 1.24. The van der Waals surface area contributed by atoms with Gasteiger partial charge in [-0.15, -0.1) is 0 Å². The van der Waals surface area contributed by atoms with Crippen molar-refractivity contribution in [2.24, 2.45) is 0 Å². The van der Waals surface area contributed by atoms with Crippen molar-refractivity contribution >= 4 is 39.1 Å². The molecule has 1 aromatic carbocycles. The molecule has 0 bridgehead atoms. The lowest BCUT2D eigenvalue weighted by atomic mass is 9.95. The third kappa shape index (κ3) is 3.65. The largest absolute Gasteiger partial charge is 0.0884 e. The first-order valence-electron chi connectivity index (χ1n) is 5.15. The summed E-state index contributed by atoms with van der Waals surface area (Å²) in [7, 11) is 0. The average Bonchev–Trinajstić information content (AvgIpc) is 2.21. The SMILES string of the molecule is CCCC(Br)C(C)c1ccc(Cl)c(Cl)c1. The molecule has 2 unspecified atom stereocenters. The Kier molecular flexibility index (Phi) is 5.45.